The molecule has 1 aromatic carbocycles. The van der Waals surface area contributed by atoms with Crippen molar-refractivity contribution in [2.75, 3.05) is 6.61 Å². The summed E-state index contributed by atoms with van der Waals surface area (Å²) in [7, 11) is 0. The van der Waals surface area contributed by atoms with E-state index in [1.807, 2.05) is 0 Å². The highest BCUT2D eigenvalue weighted by Gasteiger charge is 2.27. The maximum atomic E-state index is 5.82. The Morgan fingerprint density at radius 1 is 0.941 bits per heavy atom. The summed E-state index contributed by atoms with van der Waals surface area (Å²) in [6.45, 7) is 14.4. The van der Waals surface area contributed by atoms with E-state index < -0.39 is 0 Å². The van der Waals surface area contributed by atoms with Crippen LogP contribution in [0.1, 0.15) is 58.2 Å². The van der Waals surface area contributed by atoms with E-state index in [-0.39, 0.29) is 10.8 Å². The van der Waals surface area contributed by atoms with Crippen LogP contribution in [-0.4, -0.2) is 6.61 Å². The van der Waals surface area contributed by atoms with Gasteiger partial charge in [0.05, 0.1) is 6.61 Å². The van der Waals surface area contributed by atoms with Gasteiger partial charge in [-0.3, -0.25) is 0 Å². The molecule has 1 heteroatoms. The lowest BCUT2D eigenvalue weighted by Crippen LogP contribution is -2.17. The quantitative estimate of drug-likeness (QED) is 0.651. The van der Waals surface area contributed by atoms with Gasteiger partial charge in [-0.05, 0) is 22.0 Å². The average molecular weight is 232 g/mol. The number of hydrogen-bond donors (Lipinski definition) is 0. The van der Waals surface area contributed by atoms with Crippen LogP contribution in [0.3, 0.4) is 0 Å². The molecule has 1 aromatic rings. The second kappa shape index (κ2) is 3.76. The summed E-state index contributed by atoms with van der Waals surface area (Å²) in [5.74, 6) is 1.14. The fraction of sp³-hybridized carbons (Fsp3) is 0.625. The zero-order valence-corrected chi connectivity index (χ0v) is 12.0. The van der Waals surface area contributed by atoms with E-state index in [0.29, 0.717) is 0 Å². The van der Waals surface area contributed by atoms with Crippen LogP contribution in [0.15, 0.2) is 12.1 Å². The predicted molar refractivity (Wildman–Crippen MR) is 73.0 cm³/mol. The Hall–Kier alpha value is -0.980. The Morgan fingerprint density at radius 3 is 2.12 bits per heavy atom. The van der Waals surface area contributed by atoms with Gasteiger partial charge in [-0.2, -0.15) is 0 Å². The topological polar surface area (TPSA) is 9.23 Å². The van der Waals surface area contributed by atoms with Crippen molar-refractivity contribution >= 4 is 0 Å². The van der Waals surface area contributed by atoms with Crippen LogP contribution >= 0.6 is 0 Å². The molecule has 2 rings (SSSR count). The Labute approximate surface area is 105 Å². The van der Waals surface area contributed by atoms with E-state index in [0.717, 1.165) is 18.8 Å². The van der Waals surface area contributed by atoms with Crippen LogP contribution in [0.4, 0.5) is 0 Å². The lowest BCUT2D eigenvalue weighted by molar-refractivity contribution is 0.346. The number of benzene rings is 1. The molecule has 1 heterocycles. The SMILES string of the molecule is CC(C)(C)c1cc2c(c(C(C)(C)C)c1)OCC2. The Balaban J connectivity index is 2.62. The number of rotatable bonds is 0. The Morgan fingerprint density at radius 2 is 1.59 bits per heavy atom. The third kappa shape index (κ3) is 2.34. The van der Waals surface area contributed by atoms with Crippen molar-refractivity contribution in [3.05, 3.63) is 28.8 Å². The van der Waals surface area contributed by atoms with Gasteiger partial charge in [0.1, 0.15) is 5.75 Å². The lowest BCUT2D eigenvalue weighted by Gasteiger charge is -2.27. The molecule has 1 aliphatic rings. The molecule has 0 fully saturated rings. The highest BCUT2D eigenvalue weighted by molar-refractivity contribution is 5.51. The van der Waals surface area contributed by atoms with Crippen LogP contribution in [0.25, 0.3) is 0 Å². The zero-order valence-electron chi connectivity index (χ0n) is 12.0. The van der Waals surface area contributed by atoms with Crippen LogP contribution in [0.5, 0.6) is 5.75 Å². The third-order valence-corrected chi connectivity index (χ3v) is 3.46. The summed E-state index contributed by atoms with van der Waals surface area (Å²) >= 11 is 0. The fourth-order valence-electron chi connectivity index (χ4n) is 2.30. The first-order chi connectivity index (χ1) is 7.69. The molecular formula is C16H24O. The van der Waals surface area contributed by atoms with Crippen LogP contribution in [-0.2, 0) is 17.3 Å². The monoisotopic (exact) mass is 232 g/mol. The van der Waals surface area contributed by atoms with E-state index in [9.17, 15) is 0 Å². The molecule has 0 saturated carbocycles. The molecular weight excluding hydrogens is 208 g/mol. The van der Waals surface area contributed by atoms with Crippen LogP contribution in [0.2, 0.25) is 0 Å². The summed E-state index contributed by atoms with van der Waals surface area (Å²) in [4.78, 5) is 0. The van der Waals surface area contributed by atoms with Gasteiger partial charge in [0.2, 0.25) is 0 Å². The standard InChI is InChI=1S/C16H24O/c1-15(2,3)12-9-11-7-8-17-14(11)13(10-12)16(4,5)6/h9-10H,7-8H2,1-6H3. The van der Waals surface area contributed by atoms with Gasteiger partial charge < -0.3 is 4.74 Å². The van der Waals surface area contributed by atoms with Gasteiger partial charge >= 0.3 is 0 Å². The van der Waals surface area contributed by atoms with Crippen LogP contribution < -0.4 is 4.74 Å². The van der Waals surface area contributed by atoms with Gasteiger partial charge in [-0.1, -0.05) is 53.7 Å². The Bertz CT molecular complexity index is 430. The van der Waals surface area contributed by atoms with Crippen molar-refractivity contribution < 1.29 is 4.74 Å². The summed E-state index contributed by atoms with van der Waals surface area (Å²) in [5, 5.41) is 0. The maximum absolute atomic E-state index is 5.82. The van der Waals surface area contributed by atoms with Gasteiger partial charge in [0.15, 0.2) is 0 Å². The largest absolute Gasteiger partial charge is 0.493 e. The molecule has 0 N–H and O–H groups in total. The molecule has 0 aromatic heterocycles. The van der Waals surface area contributed by atoms with Crippen molar-refractivity contribution in [1.82, 2.24) is 0 Å². The molecule has 0 atom stereocenters. The minimum Gasteiger partial charge on any atom is -0.493 e. The van der Waals surface area contributed by atoms with E-state index in [1.54, 1.807) is 0 Å². The minimum absolute atomic E-state index is 0.148. The molecule has 1 nitrogen and oxygen atoms in total. The molecule has 17 heavy (non-hydrogen) atoms. The first-order valence-corrected chi connectivity index (χ1v) is 6.50. The maximum Gasteiger partial charge on any atom is 0.126 e. The van der Waals surface area contributed by atoms with Gasteiger partial charge in [0, 0.05) is 12.0 Å². The van der Waals surface area contributed by atoms with E-state index in [1.165, 1.54) is 16.7 Å². The smallest absolute Gasteiger partial charge is 0.126 e. The molecule has 1 aliphatic heterocycles. The van der Waals surface area contributed by atoms with Crippen molar-refractivity contribution in [2.24, 2.45) is 0 Å². The van der Waals surface area contributed by atoms with Gasteiger partial charge in [-0.15, -0.1) is 0 Å². The van der Waals surface area contributed by atoms with Gasteiger partial charge in [0.25, 0.3) is 0 Å². The Kier molecular flexibility index (Phi) is 2.76. The second-order valence-corrected chi connectivity index (χ2v) is 7.11. The zero-order chi connectivity index (χ0) is 12.8. The molecule has 0 bridgehead atoms. The number of ether oxygens (including phenoxy) is 1. The molecule has 0 unspecified atom stereocenters. The number of hydrogen-bond acceptors (Lipinski definition) is 1. The molecule has 0 amide bonds. The van der Waals surface area contributed by atoms with E-state index in [2.05, 4.69) is 53.7 Å². The molecule has 94 valence electrons. The molecule has 0 aliphatic carbocycles. The van der Waals surface area contributed by atoms with Crippen molar-refractivity contribution in [3.63, 3.8) is 0 Å². The van der Waals surface area contributed by atoms with Gasteiger partial charge in [-0.25, -0.2) is 0 Å². The summed E-state index contributed by atoms with van der Waals surface area (Å²) in [6, 6.07) is 4.67. The first-order valence-electron chi connectivity index (χ1n) is 6.50. The summed E-state index contributed by atoms with van der Waals surface area (Å²) < 4.78 is 5.82. The third-order valence-electron chi connectivity index (χ3n) is 3.46. The van der Waals surface area contributed by atoms with Crippen molar-refractivity contribution in [1.29, 1.82) is 0 Å². The van der Waals surface area contributed by atoms with E-state index in [4.69, 9.17) is 4.74 Å². The second-order valence-electron chi connectivity index (χ2n) is 7.11. The summed E-state index contributed by atoms with van der Waals surface area (Å²) in [5.41, 5.74) is 4.53. The predicted octanol–water partition coefficient (Wildman–Crippen LogP) is 4.22. The highest BCUT2D eigenvalue weighted by Crippen LogP contribution is 2.40. The summed E-state index contributed by atoms with van der Waals surface area (Å²) in [6.07, 6.45) is 1.06. The minimum atomic E-state index is 0.148. The highest BCUT2D eigenvalue weighted by atomic mass is 16.5. The first kappa shape index (κ1) is 12.5. The fourth-order valence-corrected chi connectivity index (χ4v) is 2.30. The molecule has 0 saturated heterocycles. The van der Waals surface area contributed by atoms with Crippen molar-refractivity contribution in [3.8, 4) is 5.75 Å². The normalized spacial score (nSPS) is 15.6. The van der Waals surface area contributed by atoms with Crippen LogP contribution in [0, 0.1) is 0 Å². The molecule has 0 spiro atoms. The van der Waals surface area contributed by atoms with E-state index >= 15 is 0 Å². The molecule has 0 radical (unpaired) electrons. The number of fused-ring (bicyclic) bond motifs is 1. The average Bonchev–Trinajstić information content (AvgIpc) is 2.59. The van der Waals surface area contributed by atoms with Crippen molar-refractivity contribution in [2.45, 2.75) is 58.8 Å². The lowest BCUT2D eigenvalue weighted by atomic mass is 9.79.